The molecule has 2 aromatic heterocycles. The topological polar surface area (TPSA) is 74.1 Å². The van der Waals surface area contributed by atoms with E-state index in [1.54, 1.807) is 17.0 Å². The van der Waals surface area contributed by atoms with Crippen LogP contribution in [-0.2, 0) is 11.8 Å². The van der Waals surface area contributed by atoms with Crippen molar-refractivity contribution in [2.24, 2.45) is 7.05 Å². The number of ketones is 1. The maximum atomic E-state index is 11.5. The normalized spacial score (nSPS) is 10.4. The Morgan fingerprint density at radius 1 is 1.44 bits per heavy atom. The van der Waals surface area contributed by atoms with Gasteiger partial charge in [-0.05, 0) is 0 Å². The second-order valence-corrected chi connectivity index (χ2v) is 4.61. The summed E-state index contributed by atoms with van der Waals surface area (Å²) in [5, 5.41) is 0.521. The van der Waals surface area contributed by atoms with Crippen molar-refractivity contribution in [1.29, 1.82) is 0 Å². The number of nitrogens with zero attached hydrogens (tertiary/aromatic N) is 3. The van der Waals surface area contributed by atoms with E-state index in [-0.39, 0.29) is 11.5 Å². The van der Waals surface area contributed by atoms with Crippen LogP contribution in [0.1, 0.15) is 27.1 Å². The molecule has 0 unspecified atom stereocenters. The number of carbonyl (C=O) groups excluding carboxylic acids is 2. The average molecular weight is 265 g/mol. The fourth-order valence-corrected chi connectivity index (χ4v) is 2.45. The molecule has 0 N–H and O–H groups in total. The van der Waals surface area contributed by atoms with Crippen molar-refractivity contribution in [1.82, 2.24) is 14.5 Å². The number of imidazole rings is 1. The van der Waals surface area contributed by atoms with Crippen LogP contribution in [0.25, 0.3) is 10.8 Å². The third-order valence-electron chi connectivity index (χ3n) is 2.34. The van der Waals surface area contributed by atoms with E-state index in [1.165, 1.54) is 14.0 Å². The van der Waals surface area contributed by atoms with Crippen molar-refractivity contribution >= 4 is 23.1 Å². The quantitative estimate of drug-likeness (QED) is 0.621. The van der Waals surface area contributed by atoms with Gasteiger partial charge in [-0.15, -0.1) is 11.3 Å². The minimum absolute atomic E-state index is 0.0491. The molecule has 0 bridgehead atoms. The molecule has 2 rings (SSSR count). The molecule has 0 amide bonds. The first-order valence-electron chi connectivity index (χ1n) is 5.12. The molecule has 0 atom stereocenters. The van der Waals surface area contributed by atoms with Gasteiger partial charge in [0.05, 0.1) is 7.11 Å². The monoisotopic (exact) mass is 265 g/mol. The van der Waals surface area contributed by atoms with Gasteiger partial charge >= 0.3 is 5.97 Å². The van der Waals surface area contributed by atoms with Gasteiger partial charge in [-0.1, -0.05) is 0 Å². The number of rotatable bonds is 3. The number of hydrogen-bond donors (Lipinski definition) is 0. The number of hydrogen-bond acceptors (Lipinski definition) is 6. The van der Waals surface area contributed by atoms with Crippen LogP contribution in [0.3, 0.4) is 0 Å². The molecule has 0 spiro atoms. The molecule has 18 heavy (non-hydrogen) atoms. The van der Waals surface area contributed by atoms with Gasteiger partial charge in [-0.25, -0.2) is 14.8 Å². The van der Waals surface area contributed by atoms with Crippen LogP contribution in [0, 0.1) is 0 Å². The minimum atomic E-state index is -0.614. The molecule has 0 radical (unpaired) electrons. The summed E-state index contributed by atoms with van der Waals surface area (Å²) in [6.45, 7) is 1.39. The molecule has 0 fully saturated rings. The number of ether oxygens (including phenoxy) is 1. The Hall–Kier alpha value is -2.02. The zero-order valence-electron chi connectivity index (χ0n) is 10.1. The molecule has 0 aromatic carbocycles. The number of thiazole rings is 1. The third-order valence-corrected chi connectivity index (χ3v) is 3.49. The summed E-state index contributed by atoms with van der Waals surface area (Å²) >= 11 is 1.14. The number of aryl methyl sites for hydroxylation is 1. The van der Waals surface area contributed by atoms with E-state index < -0.39 is 5.97 Å². The first-order valence-corrected chi connectivity index (χ1v) is 5.94. The van der Waals surface area contributed by atoms with Crippen LogP contribution in [-0.4, -0.2) is 33.4 Å². The van der Waals surface area contributed by atoms with Crippen LogP contribution >= 0.6 is 11.3 Å². The Labute approximate surface area is 107 Å². The highest BCUT2D eigenvalue weighted by Gasteiger charge is 2.23. The SMILES string of the molecule is COC(=O)c1nc(-c2nccn2C)sc1C(C)=O. The van der Waals surface area contributed by atoms with Crippen LogP contribution < -0.4 is 0 Å². The summed E-state index contributed by atoms with van der Waals surface area (Å²) in [7, 11) is 3.07. The molecule has 0 saturated heterocycles. The molecule has 0 aliphatic carbocycles. The fraction of sp³-hybridized carbons (Fsp3) is 0.273. The van der Waals surface area contributed by atoms with Gasteiger partial charge in [-0.2, -0.15) is 0 Å². The fourth-order valence-electron chi connectivity index (χ4n) is 1.46. The summed E-state index contributed by atoms with van der Waals surface area (Å²) < 4.78 is 6.38. The second kappa shape index (κ2) is 4.69. The maximum absolute atomic E-state index is 11.5. The van der Waals surface area contributed by atoms with Gasteiger partial charge in [-0.3, -0.25) is 4.79 Å². The standard InChI is InChI=1S/C11H11N3O3S/c1-6(15)8-7(11(16)17-3)13-10(18-8)9-12-4-5-14(9)2/h4-5H,1-3H3. The predicted octanol–water partition coefficient (Wildman–Crippen LogP) is 1.53. The van der Waals surface area contributed by atoms with E-state index in [4.69, 9.17) is 0 Å². The highest BCUT2D eigenvalue weighted by Crippen LogP contribution is 2.27. The Balaban J connectivity index is 2.56. The molecule has 94 valence electrons. The zero-order valence-corrected chi connectivity index (χ0v) is 10.9. The number of aromatic nitrogens is 3. The van der Waals surface area contributed by atoms with Crippen molar-refractivity contribution in [3.05, 3.63) is 23.0 Å². The maximum Gasteiger partial charge on any atom is 0.358 e. The summed E-state index contributed by atoms with van der Waals surface area (Å²) in [5.41, 5.74) is 0.0491. The van der Waals surface area contributed by atoms with Crippen LogP contribution in [0.2, 0.25) is 0 Å². The van der Waals surface area contributed by atoms with Gasteiger partial charge in [0.2, 0.25) is 0 Å². The number of methoxy groups -OCH3 is 1. The van der Waals surface area contributed by atoms with Crippen LogP contribution in [0.15, 0.2) is 12.4 Å². The molecule has 6 nitrogen and oxygen atoms in total. The van der Waals surface area contributed by atoms with Gasteiger partial charge in [0.1, 0.15) is 4.88 Å². The van der Waals surface area contributed by atoms with Gasteiger partial charge < -0.3 is 9.30 Å². The Morgan fingerprint density at radius 2 is 2.17 bits per heavy atom. The van der Waals surface area contributed by atoms with E-state index >= 15 is 0 Å². The minimum Gasteiger partial charge on any atom is -0.464 e. The highest BCUT2D eigenvalue weighted by atomic mass is 32.1. The van der Waals surface area contributed by atoms with Crippen LogP contribution in [0.4, 0.5) is 0 Å². The molecular formula is C11H11N3O3S. The number of esters is 1. The Bertz CT molecular complexity index is 615. The third kappa shape index (κ3) is 2.04. The number of Topliss-reactive ketones (excluding diaryl/α,β-unsaturated/α-hetero) is 1. The van der Waals surface area contributed by atoms with Gasteiger partial charge in [0.25, 0.3) is 0 Å². The molecule has 2 heterocycles. The lowest BCUT2D eigenvalue weighted by Crippen LogP contribution is -2.07. The number of carbonyl (C=O) groups is 2. The second-order valence-electron chi connectivity index (χ2n) is 3.61. The lowest BCUT2D eigenvalue weighted by Gasteiger charge is -1.95. The molecule has 0 saturated carbocycles. The van der Waals surface area contributed by atoms with Crippen molar-refractivity contribution in [2.75, 3.05) is 7.11 Å². The Kier molecular flexibility index (Phi) is 3.24. The molecular weight excluding hydrogens is 254 g/mol. The van der Waals surface area contributed by atoms with E-state index in [2.05, 4.69) is 14.7 Å². The van der Waals surface area contributed by atoms with E-state index in [0.29, 0.717) is 15.7 Å². The molecule has 2 aromatic rings. The van der Waals surface area contributed by atoms with Gasteiger partial charge in [0.15, 0.2) is 22.3 Å². The summed E-state index contributed by atoms with van der Waals surface area (Å²) in [6.07, 6.45) is 3.39. The van der Waals surface area contributed by atoms with Crippen molar-refractivity contribution in [3.8, 4) is 10.8 Å². The largest absolute Gasteiger partial charge is 0.464 e. The first-order chi connectivity index (χ1) is 8.54. The summed E-state index contributed by atoms with van der Waals surface area (Å²) in [5.74, 6) is -0.220. The van der Waals surface area contributed by atoms with Crippen molar-refractivity contribution in [2.45, 2.75) is 6.92 Å². The van der Waals surface area contributed by atoms with Crippen molar-refractivity contribution in [3.63, 3.8) is 0 Å². The smallest absolute Gasteiger partial charge is 0.358 e. The summed E-state index contributed by atoms with van der Waals surface area (Å²) in [6, 6.07) is 0. The van der Waals surface area contributed by atoms with Gasteiger partial charge in [0, 0.05) is 26.4 Å². The molecule has 7 heteroatoms. The molecule has 0 aliphatic rings. The Morgan fingerprint density at radius 3 is 2.67 bits per heavy atom. The first kappa shape index (κ1) is 12.4. The average Bonchev–Trinajstić information content (AvgIpc) is 2.93. The lowest BCUT2D eigenvalue weighted by atomic mass is 10.3. The van der Waals surface area contributed by atoms with E-state index in [1.807, 2.05) is 7.05 Å². The predicted molar refractivity (Wildman–Crippen MR) is 65.7 cm³/mol. The van der Waals surface area contributed by atoms with Crippen molar-refractivity contribution < 1.29 is 14.3 Å². The zero-order chi connectivity index (χ0) is 13.3. The summed E-state index contributed by atoms with van der Waals surface area (Å²) in [4.78, 5) is 31.6. The molecule has 0 aliphatic heterocycles. The van der Waals surface area contributed by atoms with E-state index in [0.717, 1.165) is 11.3 Å². The highest BCUT2D eigenvalue weighted by molar-refractivity contribution is 7.17. The lowest BCUT2D eigenvalue weighted by molar-refractivity contribution is 0.0591. The van der Waals surface area contributed by atoms with E-state index in [9.17, 15) is 9.59 Å². The van der Waals surface area contributed by atoms with Crippen LogP contribution in [0.5, 0.6) is 0 Å².